The van der Waals surface area contributed by atoms with Gasteiger partial charge in [0.25, 0.3) is 5.91 Å². The van der Waals surface area contributed by atoms with E-state index in [1.165, 1.54) is 25.0 Å². The zero-order chi connectivity index (χ0) is 19.7. The topological polar surface area (TPSA) is 84.2 Å². The summed E-state index contributed by atoms with van der Waals surface area (Å²) in [6, 6.07) is 12.3. The second-order valence-corrected chi connectivity index (χ2v) is 7.25. The first-order valence-electron chi connectivity index (χ1n) is 9.72. The van der Waals surface area contributed by atoms with Crippen molar-refractivity contribution in [3.63, 3.8) is 0 Å². The van der Waals surface area contributed by atoms with Crippen LogP contribution in [0.15, 0.2) is 42.5 Å². The molecule has 1 aliphatic rings. The van der Waals surface area contributed by atoms with Gasteiger partial charge in [-0.2, -0.15) is 5.10 Å². The molecular formula is C22H23N3O3. The number of nitrogens with one attached hydrogen (secondary N) is 1. The van der Waals surface area contributed by atoms with Crippen LogP contribution in [-0.4, -0.2) is 26.8 Å². The van der Waals surface area contributed by atoms with Gasteiger partial charge in [-0.05, 0) is 55.7 Å². The first-order chi connectivity index (χ1) is 13.6. The average molecular weight is 377 g/mol. The number of benzene rings is 2. The molecule has 3 aromatic rings. The van der Waals surface area contributed by atoms with Gasteiger partial charge in [-0.1, -0.05) is 25.8 Å². The van der Waals surface area contributed by atoms with Crippen LogP contribution in [0.1, 0.15) is 65.1 Å². The summed E-state index contributed by atoms with van der Waals surface area (Å²) in [6.07, 6.45) is 5.57. The highest BCUT2D eigenvalue weighted by Crippen LogP contribution is 2.33. The second-order valence-electron chi connectivity index (χ2n) is 7.25. The Bertz CT molecular complexity index is 1030. The SMILES string of the molecule is CCc1nn(C2CCCC2)c2cc(C(=O)Nc3ccc(C(=O)O)cc3)ccc12. The predicted molar refractivity (Wildman–Crippen MR) is 108 cm³/mol. The first kappa shape index (κ1) is 18.2. The lowest BCUT2D eigenvalue weighted by Gasteiger charge is -2.12. The molecule has 6 heteroatoms. The van der Waals surface area contributed by atoms with Gasteiger partial charge < -0.3 is 10.4 Å². The fraction of sp³-hybridized carbons (Fsp3) is 0.318. The molecule has 0 atom stereocenters. The first-order valence-corrected chi connectivity index (χ1v) is 9.72. The Morgan fingerprint density at radius 3 is 2.43 bits per heavy atom. The highest BCUT2D eigenvalue weighted by atomic mass is 16.4. The summed E-state index contributed by atoms with van der Waals surface area (Å²) in [5.74, 6) is -1.21. The van der Waals surface area contributed by atoms with E-state index in [1.807, 2.05) is 18.2 Å². The zero-order valence-electron chi connectivity index (χ0n) is 15.8. The van der Waals surface area contributed by atoms with Crippen molar-refractivity contribution in [1.29, 1.82) is 0 Å². The molecule has 0 bridgehead atoms. The van der Waals surface area contributed by atoms with Crippen molar-refractivity contribution in [1.82, 2.24) is 9.78 Å². The van der Waals surface area contributed by atoms with E-state index in [9.17, 15) is 9.59 Å². The number of aromatic nitrogens is 2. The van der Waals surface area contributed by atoms with Crippen LogP contribution in [0.4, 0.5) is 5.69 Å². The van der Waals surface area contributed by atoms with Crippen LogP contribution in [0.25, 0.3) is 10.9 Å². The van der Waals surface area contributed by atoms with Gasteiger partial charge in [-0.3, -0.25) is 9.48 Å². The third-order valence-corrected chi connectivity index (χ3v) is 5.44. The van der Waals surface area contributed by atoms with Crippen molar-refractivity contribution in [2.45, 2.75) is 45.1 Å². The number of carboxylic acids is 1. The number of carbonyl (C=O) groups excluding carboxylic acids is 1. The molecule has 0 radical (unpaired) electrons. The molecule has 0 saturated heterocycles. The van der Waals surface area contributed by atoms with Crippen LogP contribution in [0, 0.1) is 0 Å². The van der Waals surface area contributed by atoms with Crippen molar-refractivity contribution in [2.24, 2.45) is 0 Å². The molecule has 0 aliphatic heterocycles. The normalized spacial score (nSPS) is 14.5. The van der Waals surface area contributed by atoms with E-state index in [-0.39, 0.29) is 11.5 Å². The summed E-state index contributed by atoms with van der Waals surface area (Å²) in [7, 11) is 0. The van der Waals surface area contributed by atoms with Gasteiger partial charge in [0.05, 0.1) is 22.8 Å². The molecule has 2 aromatic carbocycles. The van der Waals surface area contributed by atoms with Crippen molar-refractivity contribution in [2.75, 3.05) is 5.32 Å². The lowest BCUT2D eigenvalue weighted by Crippen LogP contribution is -2.12. The number of fused-ring (bicyclic) bond motifs is 1. The molecule has 1 amide bonds. The highest BCUT2D eigenvalue weighted by Gasteiger charge is 2.22. The van der Waals surface area contributed by atoms with Gasteiger partial charge in [-0.15, -0.1) is 0 Å². The van der Waals surface area contributed by atoms with Gasteiger partial charge in [-0.25, -0.2) is 4.79 Å². The number of hydrogen-bond donors (Lipinski definition) is 2. The van der Waals surface area contributed by atoms with Crippen LogP contribution in [-0.2, 0) is 6.42 Å². The Morgan fingerprint density at radius 2 is 1.79 bits per heavy atom. The fourth-order valence-electron chi connectivity index (χ4n) is 3.93. The molecule has 144 valence electrons. The number of rotatable bonds is 5. The Labute approximate surface area is 163 Å². The lowest BCUT2D eigenvalue weighted by molar-refractivity contribution is 0.0696. The lowest BCUT2D eigenvalue weighted by atomic mass is 10.1. The number of nitrogens with zero attached hydrogens (tertiary/aromatic N) is 2. The summed E-state index contributed by atoms with van der Waals surface area (Å²) in [4.78, 5) is 23.7. The van der Waals surface area contributed by atoms with Crippen molar-refractivity contribution in [3.8, 4) is 0 Å². The van der Waals surface area contributed by atoms with E-state index in [1.54, 1.807) is 12.1 Å². The van der Waals surface area contributed by atoms with E-state index < -0.39 is 5.97 Å². The molecule has 1 fully saturated rings. The van der Waals surface area contributed by atoms with Crippen molar-refractivity contribution < 1.29 is 14.7 Å². The Hall–Kier alpha value is -3.15. The Morgan fingerprint density at radius 1 is 1.11 bits per heavy atom. The number of anilines is 1. The van der Waals surface area contributed by atoms with E-state index in [2.05, 4.69) is 16.9 Å². The molecule has 6 nitrogen and oxygen atoms in total. The highest BCUT2D eigenvalue weighted by molar-refractivity contribution is 6.06. The average Bonchev–Trinajstić information content (AvgIpc) is 3.35. The van der Waals surface area contributed by atoms with Gasteiger partial charge in [0.15, 0.2) is 0 Å². The number of hydrogen-bond acceptors (Lipinski definition) is 3. The predicted octanol–water partition coefficient (Wildman–Crippen LogP) is 4.66. The van der Waals surface area contributed by atoms with E-state index in [4.69, 9.17) is 10.2 Å². The molecule has 0 spiro atoms. The standard InChI is InChI=1S/C22H23N3O3/c1-2-19-18-12-9-15(13-20(18)25(24-19)17-5-3-4-6-17)21(26)23-16-10-7-14(8-11-16)22(27)28/h7-13,17H,2-6H2,1H3,(H,23,26)(H,27,28). The van der Waals surface area contributed by atoms with E-state index >= 15 is 0 Å². The van der Waals surface area contributed by atoms with Gasteiger partial charge in [0, 0.05) is 16.6 Å². The summed E-state index contributed by atoms with van der Waals surface area (Å²) in [5, 5.41) is 17.8. The third kappa shape index (κ3) is 3.38. The van der Waals surface area contributed by atoms with Gasteiger partial charge in [0.2, 0.25) is 0 Å². The second kappa shape index (κ2) is 7.46. The summed E-state index contributed by atoms with van der Waals surface area (Å²) < 4.78 is 2.11. The number of aryl methyl sites for hydroxylation is 1. The molecule has 28 heavy (non-hydrogen) atoms. The van der Waals surface area contributed by atoms with Gasteiger partial charge >= 0.3 is 5.97 Å². The maximum atomic E-state index is 12.7. The van der Waals surface area contributed by atoms with Crippen LogP contribution in [0.3, 0.4) is 0 Å². The molecule has 1 aromatic heterocycles. The van der Waals surface area contributed by atoms with Gasteiger partial charge in [0.1, 0.15) is 0 Å². The van der Waals surface area contributed by atoms with E-state index in [0.29, 0.717) is 17.3 Å². The van der Waals surface area contributed by atoms with Crippen LogP contribution < -0.4 is 5.32 Å². The monoisotopic (exact) mass is 377 g/mol. The molecule has 2 N–H and O–H groups in total. The third-order valence-electron chi connectivity index (χ3n) is 5.44. The summed E-state index contributed by atoms with van der Waals surface area (Å²) in [6.45, 7) is 2.10. The zero-order valence-corrected chi connectivity index (χ0v) is 15.8. The summed E-state index contributed by atoms with van der Waals surface area (Å²) >= 11 is 0. The maximum Gasteiger partial charge on any atom is 0.335 e. The minimum absolute atomic E-state index is 0.187. The number of aromatic carboxylic acids is 1. The summed E-state index contributed by atoms with van der Waals surface area (Å²) in [5.41, 5.74) is 3.40. The number of carboxylic acid groups (broad SMARTS) is 1. The van der Waals surface area contributed by atoms with Crippen LogP contribution >= 0.6 is 0 Å². The molecular weight excluding hydrogens is 354 g/mol. The van der Waals surface area contributed by atoms with Crippen LogP contribution in [0.5, 0.6) is 0 Å². The molecule has 1 aliphatic carbocycles. The molecule has 1 saturated carbocycles. The van der Waals surface area contributed by atoms with Crippen LogP contribution in [0.2, 0.25) is 0 Å². The maximum absolute atomic E-state index is 12.7. The smallest absolute Gasteiger partial charge is 0.335 e. The molecule has 1 heterocycles. The fourth-order valence-corrected chi connectivity index (χ4v) is 3.93. The minimum Gasteiger partial charge on any atom is -0.478 e. The minimum atomic E-state index is -0.991. The molecule has 0 unspecified atom stereocenters. The Balaban J connectivity index is 1.63. The quantitative estimate of drug-likeness (QED) is 0.677. The van der Waals surface area contributed by atoms with Crippen molar-refractivity contribution >= 4 is 28.5 Å². The molecule has 4 rings (SSSR count). The van der Waals surface area contributed by atoms with Crippen molar-refractivity contribution in [3.05, 3.63) is 59.3 Å². The Kier molecular flexibility index (Phi) is 4.86. The largest absolute Gasteiger partial charge is 0.478 e. The van der Waals surface area contributed by atoms with E-state index in [0.717, 1.165) is 35.9 Å². The number of amides is 1. The number of carbonyl (C=O) groups is 2.